The summed E-state index contributed by atoms with van der Waals surface area (Å²) in [5.74, 6) is 0. The third kappa shape index (κ3) is 3.48. The van der Waals surface area contributed by atoms with Crippen LogP contribution in [0.1, 0.15) is 74.9 Å². The Morgan fingerprint density at radius 3 is 1.26 bits per heavy atom. The molecule has 0 spiro atoms. The van der Waals surface area contributed by atoms with Crippen molar-refractivity contribution in [1.82, 2.24) is 0 Å². The average molecular weight is 470 g/mol. The molecule has 2 aliphatic rings. The van der Waals surface area contributed by atoms with E-state index in [1.807, 2.05) is 0 Å². The topological polar surface area (TPSA) is 0 Å². The highest BCUT2D eigenvalue weighted by molar-refractivity contribution is 6.82. The zero-order valence-electron chi connectivity index (χ0n) is 20.0. The number of hydrogen-bond acceptors (Lipinski definition) is 0. The third-order valence-electron chi connectivity index (χ3n) is 7.17. The summed E-state index contributed by atoms with van der Waals surface area (Å²) in [4.78, 5) is 0. The number of halogens is 2. The monoisotopic (exact) mass is 468 g/mol. The van der Waals surface area contributed by atoms with Crippen molar-refractivity contribution in [3.8, 4) is 0 Å². The quantitative estimate of drug-likeness (QED) is 0.384. The molecule has 0 heterocycles. The minimum Gasteiger partial charge on any atom is -0.0837 e. The van der Waals surface area contributed by atoms with Crippen LogP contribution in [-0.4, -0.2) is 8.07 Å². The standard InChI is InChI=1S/C28H34Cl2Si/c1-27(2,3)21-23(29)17-13-9-11-15-19(17)25(21)31(7,8)26-20-16-12-10-14-18(20)24(30)22(26)28(4,5)6/h9-16,25-26H,1-8H3. The molecule has 4 rings (SSSR count). The number of rotatable bonds is 2. The molecule has 0 aliphatic heterocycles. The van der Waals surface area contributed by atoms with Crippen LogP contribution in [0, 0.1) is 10.8 Å². The van der Waals surface area contributed by atoms with Crippen molar-refractivity contribution >= 4 is 41.3 Å². The van der Waals surface area contributed by atoms with Crippen molar-refractivity contribution in [2.45, 2.75) is 65.7 Å². The maximum absolute atomic E-state index is 7.12. The molecule has 0 radical (unpaired) electrons. The van der Waals surface area contributed by atoms with Gasteiger partial charge in [-0.1, -0.05) is 126 Å². The minimum absolute atomic E-state index is 0.00142. The number of hydrogen-bond donors (Lipinski definition) is 0. The largest absolute Gasteiger partial charge is 0.0837 e. The Morgan fingerprint density at radius 1 is 0.613 bits per heavy atom. The van der Waals surface area contributed by atoms with Crippen LogP contribution in [0.3, 0.4) is 0 Å². The van der Waals surface area contributed by atoms with E-state index in [4.69, 9.17) is 23.2 Å². The maximum Gasteiger partial charge on any atom is 0.0724 e. The van der Waals surface area contributed by atoms with Gasteiger partial charge in [-0.15, -0.1) is 0 Å². The van der Waals surface area contributed by atoms with Gasteiger partial charge in [0.2, 0.25) is 0 Å². The fourth-order valence-electron chi connectivity index (χ4n) is 5.99. The molecule has 2 aliphatic carbocycles. The predicted octanol–water partition coefficient (Wildman–Crippen LogP) is 9.36. The highest BCUT2D eigenvalue weighted by Gasteiger charge is 2.53. The first-order valence-electron chi connectivity index (χ1n) is 11.3. The molecule has 3 heteroatoms. The van der Waals surface area contributed by atoms with Gasteiger partial charge in [-0.25, -0.2) is 0 Å². The van der Waals surface area contributed by atoms with Crippen LogP contribution in [0.15, 0.2) is 59.7 Å². The van der Waals surface area contributed by atoms with Crippen LogP contribution in [0.2, 0.25) is 13.1 Å². The van der Waals surface area contributed by atoms with Gasteiger partial charge in [-0.05, 0) is 44.2 Å². The Labute approximate surface area is 199 Å². The molecule has 0 aromatic heterocycles. The lowest BCUT2D eigenvalue weighted by atomic mass is 9.84. The zero-order valence-corrected chi connectivity index (χ0v) is 22.5. The summed E-state index contributed by atoms with van der Waals surface area (Å²) in [7, 11) is -2.05. The lowest BCUT2D eigenvalue weighted by Crippen LogP contribution is -2.45. The van der Waals surface area contributed by atoms with Crippen LogP contribution in [0.4, 0.5) is 0 Å². The summed E-state index contributed by atoms with van der Waals surface area (Å²) in [6.45, 7) is 19.0. The maximum atomic E-state index is 7.12. The predicted molar refractivity (Wildman–Crippen MR) is 140 cm³/mol. The fraction of sp³-hybridized carbons (Fsp3) is 0.429. The lowest BCUT2D eigenvalue weighted by Gasteiger charge is -2.44. The van der Waals surface area contributed by atoms with Gasteiger partial charge in [-0.3, -0.25) is 0 Å². The van der Waals surface area contributed by atoms with Crippen molar-refractivity contribution < 1.29 is 0 Å². The molecule has 0 saturated carbocycles. The van der Waals surface area contributed by atoms with E-state index in [9.17, 15) is 0 Å². The molecular formula is C28H34Cl2Si. The first kappa shape index (κ1) is 22.9. The molecular weight excluding hydrogens is 435 g/mol. The second-order valence-corrected chi connectivity index (χ2v) is 17.4. The van der Waals surface area contributed by atoms with Crippen molar-refractivity contribution in [1.29, 1.82) is 0 Å². The molecule has 0 N–H and O–H groups in total. The Bertz CT molecular complexity index is 1020. The molecule has 0 nitrogen and oxygen atoms in total. The van der Waals surface area contributed by atoms with E-state index in [0.29, 0.717) is 11.1 Å². The van der Waals surface area contributed by atoms with Crippen LogP contribution >= 0.6 is 23.2 Å². The van der Waals surface area contributed by atoms with E-state index in [1.54, 1.807) is 0 Å². The molecule has 0 amide bonds. The smallest absolute Gasteiger partial charge is 0.0724 e. The van der Waals surface area contributed by atoms with Gasteiger partial charge in [0.15, 0.2) is 0 Å². The van der Waals surface area contributed by atoms with E-state index in [-0.39, 0.29) is 10.8 Å². The van der Waals surface area contributed by atoms with Gasteiger partial charge in [-0.2, -0.15) is 0 Å². The number of fused-ring (bicyclic) bond motifs is 2. The second kappa shape index (κ2) is 7.37. The first-order chi connectivity index (χ1) is 14.3. The zero-order chi connectivity index (χ0) is 22.9. The van der Waals surface area contributed by atoms with E-state index >= 15 is 0 Å². The molecule has 2 aromatic carbocycles. The normalized spacial score (nSPS) is 21.6. The van der Waals surface area contributed by atoms with Crippen LogP contribution in [0.25, 0.3) is 10.1 Å². The molecule has 0 bridgehead atoms. The molecule has 31 heavy (non-hydrogen) atoms. The van der Waals surface area contributed by atoms with Gasteiger partial charge in [0.05, 0.1) is 8.07 Å². The van der Waals surface area contributed by atoms with Gasteiger partial charge in [0, 0.05) is 21.1 Å². The van der Waals surface area contributed by atoms with Gasteiger partial charge >= 0.3 is 0 Å². The summed E-state index contributed by atoms with van der Waals surface area (Å²) in [5.41, 5.74) is 8.77. The molecule has 0 fully saturated rings. The van der Waals surface area contributed by atoms with E-state index < -0.39 is 8.07 Å². The summed E-state index contributed by atoms with van der Waals surface area (Å²) in [5, 5.41) is 1.93. The van der Waals surface area contributed by atoms with Crippen molar-refractivity contribution in [3.05, 3.63) is 81.9 Å². The Kier molecular flexibility index (Phi) is 5.44. The van der Waals surface area contributed by atoms with Crippen molar-refractivity contribution in [3.63, 3.8) is 0 Å². The van der Waals surface area contributed by atoms with Gasteiger partial charge in [0.1, 0.15) is 0 Å². The first-order valence-corrected chi connectivity index (χ1v) is 15.2. The Morgan fingerprint density at radius 2 is 0.935 bits per heavy atom. The molecule has 2 unspecified atom stereocenters. The molecule has 164 valence electrons. The van der Waals surface area contributed by atoms with Crippen LogP contribution in [-0.2, 0) is 0 Å². The van der Waals surface area contributed by atoms with Gasteiger partial charge in [0.25, 0.3) is 0 Å². The molecule has 0 saturated heterocycles. The number of benzene rings is 2. The van der Waals surface area contributed by atoms with Gasteiger partial charge < -0.3 is 0 Å². The Hall–Kier alpha value is -1.28. The fourth-order valence-corrected chi connectivity index (χ4v) is 12.4. The minimum atomic E-state index is -2.05. The van der Waals surface area contributed by atoms with Crippen LogP contribution in [0.5, 0.6) is 0 Å². The summed E-state index contributed by atoms with van der Waals surface area (Å²) in [6.07, 6.45) is 0. The van der Waals surface area contributed by atoms with E-state index in [2.05, 4.69) is 103 Å². The van der Waals surface area contributed by atoms with E-state index in [0.717, 1.165) is 10.1 Å². The molecule has 2 aromatic rings. The third-order valence-corrected chi connectivity index (χ3v) is 12.2. The van der Waals surface area contributed by atoms with E-state index in [1.165, 1.54) is 33.4 Å². The number of allylic oxidation sites excluding steroid dienone is 2. The Balaban J connectivity index is 1.99. The van der Waals surface area contributed by atoms with Crippen molar-refractivity contribution in [2.75, 3.05) is 0 Å². The highest BCUT2D eigenvalue weighted by atomic mass is 35.5. The lowest BCUT2D eigenvalue weighted by molar-refractivity contribution is 0.480. The van der Waals surface area contributed by atoms with Crippen molar-refractivity contribution in [2.24, 2.45) is 10.8 Å². The molecule has 2 atom stereocenters. The SMILES string of the molecule is CC(C)(C)C1=C(Cl)c2ccccc2C1[Si](C)(C)C1C(C(C)(C)C)=C(Cl)c2ccccc21. The summed E-state index contributed by atoms with van der Waals surface area (Å²) in [6, 6.07) is 17.6. The second-order valence-electron chi connectivity index (χ2n) is 11.8. The van der Waals surface area contributed by atoms with Crippen LogP contribution < -0.4 is 0 Å². The summed E-state index contributed by atoms with van der Waals surface area (Å²) < 4.78 is 0. The average Bonchev–Trinajstić information content (AvgIpc) is 3.15. The summed E-state index contributed by atoms with van der Waals surface area (Å²) >= 11 is 14.2. The highest BCUT2D eigenvalue weighted by Crippen LogP contribution is 2.61.